The van der Waals surface area contributed by atoms with Crippen molar-refractivity contribution in [3.63, 3.8) is 0 Å². The van der Waals surface area contributed by atoms with Gasteiger partial charge in [-0.25, -0.2) is 0 Å². The van der Waals surface area contributed by atoms with Crippen molar-refractivity contribution in [2.24, 2.45) is 0 Å². The molecule has 4 nitrogen and oxygen atoms in total. The van der Waals surface area contributed by atoms with E-state index in [2.05, 4.69) is 15.9 Å². The van der Waals surface area contributed by atoms with Gasteiger partial charge in [0, 0.05) is 24.0 Å². The highest BCUT2D eigenvalue weighted by Crippen LogP contribution is 2.27. The number of halogens is 1. The van der Waals surface area contributed by atoms with Gasteiger partial charge in [-0.3, -0.25) is 4.79 Å². The average Bonchev–Trinajstić information content (AvgIpc) is 2.71. The maximum Gasteiger partial charge on any atom is 0.257 e. The standard InChI is InChI=1S/C15H20BrNO3/c1-20-12-6-7-13(14(18)9-12)15(19)17-8-4-2-3-5-11(17)10-16/h6-7,9,11,18H,2-5,8,10H2,1H3. The quantitative estimate of drug-likeness (QED) is 0.859. The van der Waals surface area contributed by atoms with Gasteiger partial charge in [0.25, 0.3) is 5.91 Å². The Balaban J connectivity index is 2.24. The topological polar surface area (TPSA) is 49.8 Å². The summed E-state index contributed by atoms with van der Waals surface area (Å²) < 4.78 is 5.05. The number of phenols is 1. The van der Waals surface area contributed by atoms with E-state index in [4.69, 9.17) is 4.74 Å². The van der Waals surface area contributed by atoms with E-state index in [9.17, 15) is 9.90 Å². The SMILES string of the molecule is COc1ccc(C(=O)N2CCCCCC2CBr)c(O)c1. The number of carbonyl (C=O) groups is 1. The number of rotatable bonds is 3. The fraction of sp³-hybridized carbons (Fsp3) is 0.533. The highest BCUT2D eigenvalue weighted by Gasteiger charge is 2.27. The summed E-state index contributed by atoms with van der Waals surface area (Å²) in [7, 11) is 1.53. The first-order valence-electron chi connectivity index (χ1n) is 6.91. The summed E-state index contributed by atoms with van der Waals surface area (Å²) >= 11 is 3.49. The van der Waals surface area contributed by atoms with Crippen LogP contribution in [0.1, 0.15) is 36.0 Å². The lowest BCUT2D eigenvalue weighted by molar-refractivity contribution is 0.0699. The second-order valence-corrected chi connectivity index (χ2v) is 5.69. The van der Waals surface area contributed by atoms with Gasteiger partial charge in [-0.15, -0.1) is 0 Å². The van der Waals surface area contributed by atoms with Crippen LogP contribution in [0.2, 0.25) is 0 Å². The van der Waals surface area contributed by atoms with Gasteiger partial charge in [0.15, 0.2) is 0 Å². The maximum atomic E-state index is 12.6. The Labute approximate surface area is 127 Å². The first-order chi connectivity index (χ1) is 9.67. The Morgan fingerprint density at radius 2 is 2.25 bits per heavy atom. The number of nitrogens with zero attached hydrogens (tertiary/aromatic N) is 1. The molecule has 1 saturated heterocycles. The molecule has 1 aromatic carbocycles. The number of carbonyl (C=O) groups excluding carboxylic acids is 1. The highest BCUT2D eigenvalue weighted by molar-refractivity contribution is 9.09. The molecule has 1 N–H and O–H groups in total. The molecule has 0 spiro atoms. The third-order valence-electron chi connectivity index (χ3n) is 3.75. The second-order valence-electron chi connectivity index (χ2n) is 5.04. The van der Waals surface area contributed by atoms with E-state index in [1.165, 1.54) is 13.2 Å². The fourth-order valence-electron chi connectivity index (χ4n) is 2.58. The van der Waals surface area contributed by atoms with E-state index < -0.39 is 0 Å². The maximum absolute atomic E-state index is 12.6. The number of methoxy groups -OCH3 is 1. The number of hydrogen-bond donors (Lipinski definition) is 1. The Kier molecular flexibility index (Phi) is 5.29. The van der Waals surface area contributed by atoms with Crippen molar-refractivity contribution < 1.29 is 14.6 Å². The van der Waals surface area contributed by atoms with Gasteiger partial charge >= 0.3 is 0 Å². The smallest absolute Gasteiger partial charge is 0.257 e. The summed E-state index contributed by atoms with van der Waals surface area (Å²) in [5, 5.41) is 10.8. The van der Waals surface area contributed by atoms with Crippen LogP contribution in [-0.4, -0.2) is 40.9 Å². The molecule has 1 unspecified atom stereocenters. The lowest BCUT2D eigenvalue weighted by Crippen LogP contribution is -2.41. The molecule has 0 aliphatic carbocycles. The van der Waals surface area contributed by atoms with Crippen LogP contribution < -0.4 is 4.74 Å². The minimum atomic E-state index is -0.100. The monoisotopic (exact) mass is 341 g/mol. The molecule has 0 aromatic heterocycles. The number of hydrogen-bond acceptors (Lipinski definition) is 3. The average molecular weight is 342 g/mol. The summed E-state index contributed by atoms with van der Waals surface area (Å²) in [5.41, 5.74) is 0.346. The molecule has 5 heteroatoms. The van der Waals surface area contributed by atoms with E-state index in [0.717, 1.165) is 37.6 Å². The minimum Gasteiger partial charge on any atom is -0.507 e. The van der Waals surface area contributed by atoms with Crippen LogP contribution in [0.5, 0.6) is 11.5 Å². The van der Waals surface area contributed by atoms with Gasteiger partial charge in [-0.2, -0.15) is 0 Å². The third kappa shape index (κ3) is 3.26. The Hall–Kier alpha value is -1.23. The highest BCUT2D eigenvalue weighted by atomic mass is 79.9. The third-order valence-corrected chi connectivity index (χ3v) is 4.50. The molecule has 0 saturated carbocycles. The largest absolute Gasteiger partial charge is 0.507 e. The van der Waals surface area contributed by atoms with Crippen LogP contribution in [0.25, 0.3) is 0 Å². The van der Waals surface area contributed by atoms with Crippen LogP contribution in [0.4, 0.5) is 0 Å². The zero-order chi connectivity index (χ0) is 14.5. The Morgan fingerprint density at radius 1 is 1.45 bits per heavy atom. The number of amides is 1. The van der Waals surface area contributed by atoms with Crippen molar-refractivity contribution in [1.29, 1.82) is 0 Å². The lowest BCUT2D eigenvalue weighted by Gasteiger charge is -2.29. The number of likely N-dealkylation sites (tertiary alicyclic amines) is 1. The van der Waals surface area contributed by atoms with Gasteiger partial charge < -0.3 is 14.7 Å². The van der Waals surface area contributed by atoms with Gasteiger partial charge in [0.05, 0.1) is 12.7 Å². The molecular formula is C15H20BrNO3. The van der Waals surface area contributed by atoms with E-state index in [-0.39, 0.29) is 17.7 Å². The Morgan fingerprint density at radius 3 is 2.90 bits per heavy atom. The zero-order valence-electron chi connectivity index (χ0n) is 11.6. The summed E-state index contributed by atoms with van der Waals surface area (Å²) in [5.74, 6) is 0.426. The molecule has 1 aliphatic rings. The first kappa shape index (κ1) is 15.2. The molecule has 20 heavy (non-hydrogen) atoms. The molecule has 0 radical (unpaired) electrons. The minimum absolute atomic E-state index is 0.0214. The van der Waals surface area contributed by atoms with Crippen molar-refractivity contribution in [3.8, 4) is 11.5 Å². The van der Waals surface area contributed by atoms with Crippen LogP contribution in [0, 0.1) is 0 Å². The predicted molar refractivity (Wildman–Crippen MR) is 81.7 cm³/mol. The molecule has 1 amide bonds. The van der Waals surface area contributed by atoms with E-state index in [0.29, 0.717) is 11.3 Å². The van der Waals surface area contributed by atoms with Crippen LogP contribution >= 0.6 is 15.9 Å². The van der Waals surface area contributed by atoms with Crippen molar-refractivity contribution in [1.82, 2.24) is 4.90 Å². The van der Waals surface area contributed by atoms with Crippen molar-refractivity contribution in [3.05, 3.63) is 23.8 Å². The van der Waals surface area contributed by atoms with E-state index in [1.54, 1.807) is 12.1 Å². The van der Waals surface area contributed by atoms with Crippen molar-refractivity contribution in [2.45, 2.75) is 31.7 Å². The van der Waals surface area contributed by atoms with E-state index >= 15 is 0 Å². The molecule has 2 rings (SSSR count). The number of ether oxygens (including phenoxy) is 1. The molecule has 1 aromatic rings. The van der Waals surface area contributed by atoms with Gasteiger partial charge in [-0.1, -0.05) is 28.8 Å². The molecular weight excluding hydrogens is 322 g/mol. The second kappa shape index (κ2) is 6.97. The molecule has 1 fully saturated rings. The van der Waals surface area contributed by atoms with E-state index in [1.807, 2.05) is 4.90 Å². The summed E-state index contributed by atoms with van der Waals surface area (Å²) in [6.07, 6.45) is 4.33. The van der Waals surface area contributed by atoms with Gasteiger partial charge in [0.1, 0.15) is 11.5 Å². The number of alkyl halides is 1. The fourth-order valence-corrected chi connectivity index (χ4v) is 3.25. The molecule has 1 heterocycles. The first-order valence-corrected chi connectivity index (χ1v) is 8.03. The normalized spacial score (nSPS) is 19.5. The molecule has 110 valence electrons. The van der Waals surface area contributed by atoms with Crippen LogP contribution in [0.3, 0.4) is 0 Å². The number of aromatic hydroxyl groups is 1. The molecule has 1 aliphatic heterocycles. The van der Waals surface area contributed by atoms with Crippen molar-refractivity contribution >= 4 is 21.8 Å². The zero-order valence-corrected chi connectivity index (χ0v) is 13.2. The summed E-state index contributed by atoms with van der Waals surface area (Å²) in [6, 6.07) is 5.01. The van der Waals surface area contributed by atoms with Gasteiger partial charge in [0.2, 0.25) is 0 Å². The van der Waals surface area contributed by atoms with Gasteiger partial charge in [-0.05, 0) is 25.0 Å². The van der Waals surface area contributed by atoms with Crippen molar-refractivity contribution in [2.75, 3.05) is 19.0 Å². The number of benzene rings is 1. The molecule has 0 bridgehead atoms. The molecule has 1 atom stereocenters. The summed E-state index contributed by atoms with van der Waals surface area (Å²) in [6.45, 7) is 0.751. The predicted octanol–water partition coefficient (Wildman–Crippen LogP) is 3.18. The van der Waals surface area contributed by atoms with Crippen LogP contribution in [0.15, 0.2) is 18.2 Å². The Bertz CT molecular complexity index is 478. The lowest BCUT2D eigenvalue weighted by atomic mass is 10.1. The van der Waals surface area contributed by atoms with Crippen LogP contribution in [-0.2, 0) is 0 Å². The summed E-state index contributed by atoms with van der Waals surface area (Å²) in [4.78, 5) is 14.5. The number of phenolic OH excluding ortho intramolecular Hbond substituents is 1.